The maximum atomic E-state index is 6.23. The Kier molecular flexibility index (Phi) is 5.56. The minimum absolute atomic E-state index is 0.203. The Labute approximate surface area is 163 Å². The van der Waals surface area contributed by atoms with Crippen LogP contribution in [0.3, 0.4) is 0 Å². The Morgan fingerprint density at radius 2 is 1.69 bits per heavy atom. The summed E-state index contributed by atoms with van der Waals surface area (Å²) in [6.07, 6.45) is 0. The van der Waals surface area contributed by atoms with Gasteiger partial charge in [0.15, 0.2) is 0 Å². The fraction of sp³-hybridized carbons (Fsp3) is 0.238. The number of para-hydroxylation sites is 1. The van der Waals surface area contributed by atoms with Crippen molar-refractivity contribution in [3.05, 3.63) is 81.5 Å². The highest BCUT2D eigenvalue weighted by Crippen LogP contribution is 2.37. The van der Waals surface area contributed by atoms with Gasteiger partial charge >= 0.3 is 0 Å². The van der Waals surface area contributed by atoms with E-state index >= 15 is 0 Å². The highest BCUT2D eigenvalue weighted by molar-refractivity contribution is 7.16. The highest BCUT2D eigenvalue weighted by atomic mass is 35.5. The summed E-state index contributed by atoms with van der Waals surface area (Å²) in [5.74, 6) is 1.71. The molecule has 4 rings (SSSR count). The molecule has 1 saturated heterocycles. The van der Waals surface area contributed by atoms with Gasteiger partial charge in [0.05, 0.1) is 10.4 Å². The number of hydrogen-bond donors (Lipinski definition) is 1. The zero-order valence-electron chi connectivity index (χ0n) is 14.4. The molecule has 1 aliphatic heterocycles. The van der Waals surface area contributed by atoms with Crippen molar-refractivity contribution >= 4 is 22.9 Å². The fourth-order valence-corrected chi connectivity index (χ4v) is 4.57. The molecule has 26 heavy (non-hydrogen) atoms. The first-order valence-electron chi connectivity index (χ1n) is 8.82. The zero-order chi connectivity index (χ0) is 17.8. The number of piperazine rings is 1. The molecule has 1 aliphatic rings. The number of nitrogens with one attached hydrogen (secondary N) is 1. The first-order valence-corrected chi connectivity index (χ1v) is 10.0. The van der Waals surface area contributed by atoms with Crippen molar-refractivity contribution in [2.45, 2.75) is 6.04 Å². The maximum Gasteiger partial charge on any atom is 0.127 e. The molecule has 2 aromatic carbocycles. The third kappa shape index (κ3) is 4.10. The van der Waals surface area contributed by atoms with Crippen molar-refractivity contribution in [3.63, 3.8) is 0 Å². The Balaban J connectivity index is 1.65. The topological polar surface area (TPSA) is 24.5 Å². The number of nitrogens with zero attached hydrogens (tertiary/aromatic N) is 1. The molecule has 0 bridgehead atoms. The van der Waals surface area contributed by atoms with E-state index in [1.807, 2.05) is 42.5 Å². The van der Waals surface area contributed by atoms with E-state index in [0.717, 1.165) is 42.0 Å². The van der Waals surface area contributed by atoms with Crippen LogP contribution in [0, 0.1) is 0 Å². The van der Waals surface area contributed by atoms with Gasteiger partial charge in [-0.05, 0) is 42.0 Å². The molecule has 0 aliphatic carbocycles. The average Bonchev–Trinajstić information content (AvgIpc) is 3.10. The summed E-state index contributed by atoms with van der Waals surface area (Å²) >= 11 is 7.89. The van der Waals surface area contributed by atoms with Crippen LogP contribution in [0.4, 0.5) is 0 Å². The lowest BCUT2D eigenvalue weighted by Crippen LogP contribution is -2.45. The molecule has 1 fully saturated rings. The Bertz CT molecular complexity index is 846. The summed E-state index contributed by atoms with van der Waals surface area (Å²) in [6.45, 7) is 4.06. The van der Waals surface area contributed by atoms with Crippen LogP contribution < -0.4 is 10.1 Å². The van der Waals surface area contributed by atoms with Crippen LogP contribution in [-0.2, 0) is 0 Å². The van der Waals surface area contributed by atoms with E-state index < -0.39 is 0 Å². The summed E-state index contributed by atoms with van der Waals surface area (Å²) in [5.41, 5.74) is 1.24. The summed E-state index contributed by atoms with van der Waals surface area (Å²) < 4.78 is 6.87. The van der Waals surface area contributed by atoms with Crippen molar-refractivity contribution in [2.24, 2.45) is 0 Å². The van der Waals surface area contributed by atoms with Gasteiger partial charge in [0.2, 0.25) is 0 Å². The Hall–Kier alpha value is -1.85. The molecule has 134 valence electrons. The number of benzene rings is 2. The highest BCUT2D eigenvalue weighted by Gasteiger charge is 2.25. The van der Waals surface area contributed by atoms with Gasteiger partial charge in [-0.1, -0.05) is 41.9 Å². The second kappa shape index (κ2) is 8.23. The Morgan fingerprint density at radius 1 is 0.923 bits per heavy atom. The molecule has 5 heteroatoms. The van der Waals surface area contributed by atoms with E-state index in [9.17, 15) is 0 Å². The molecule has 2 heterocycles. The third-order valence-corrected chi connectivity index (χ3v) is 5.82. The second-order valence-electron chi connectivity index (χ2n) is 6.32. The van der Waals surface area contributed by atoms with Gasteiger partial charge in [-0.3, -0.25) is 4.90 Å². The predicted octanol–water partition coefficient (Wildman–Crippen LogP) is 5.19. The lowest BCUT2D eigenvalue weighted by molar-refractivity contribution is 0.200. The molecular formula is C21H21ClN2OS. The van der Waals surface area contributed by atoms with Gasteiger partial charge in [-0.15, -0.1) is 11.3 Å². The van der Waals surface area contributed by atoms with E-state index in [-0.39, 0.29) is 6.04 Å². The lowest BCUT2D eigenvalue weighted by atomic mass is 10.0. The van der Waals surface area contributed by atoms with Crippen molar-refractivity contribution in [3.8, 4) is 11.5 Å². The zero-order valence-corrected chi connectivity index (χ0v) is 16.0. The molecule has 1 aromatic heterocycles. The second-order valence-corrected chi connectivity index (χ2v) is 8.06. The molecule has 0 radical (unpaired) electrons. The van der Waals surface area contributed by atoms with Crippen LogP contribution in [0.2, 0.25) is 4.34 Å². The number of halogens is 1. The molecule has 0 amide bonds. The first kappa shape index (κ1) is 17.6. The van der Waals surface area contributed by atoms with E-state index in [1.165, 1.54) is 10.4 Å². The summed E-state index contributed by atoms with van der Waals surface area (Å²) in [7, 11) is 0. The number of thiophene rings is 1. The van der Waals surface area contributed by atoms with Gasteiger partial charge in [-0.2, -0.15) is 0 Å². The van der Waals surface area contributed by atoms with Crippen LogP contribution in [0.1, 0.15) is 16.5 Å². The SMILES string of the molecule is Clc1ccc(C(c2cccc(Oc3ccccc3)c2)N2CCNCC2)s1. The fourth-order valence-electron chi connectivity index (χ4n) is 3.34. The summed E-state index contributed by atoms with van der Waals surface area (Å²) in [5, 5.41) is 3.43. The molecule has 1 N–H and O–H groups in total. The number of rotatable bonds is 5. The largest absolute Gasteiger partial charge is 0.457 e. The summed E-state index contributed by atoms with van der Waals surface area (Å²) in [6, 6.07) is 22.6. The molecule has 1 atom stereocenters. The summed E-state index contributed by atoms with van der Waals surface area (Å²) in [4.78, 5) is 3.79. The smallest absolute Gasteiger partial charge is 0.127 e. The van der Waals surface area contributed by atoms with Crippen molar-refractivity contribution in [2.75, 3.05) is 26.2 Å². The van der Waals surface area contributed by atoms with Crippen molar-refractivity contribution in [1.29, 1.82) is 0 Å². The predicted molar refractivity (Wildman–Crippen MR) is 109 cm³/mol. The lowest BCUT2D eigenvalue weighted by Gasteiger charge is -2.34. The van der Waals surface area contributed by atoms with E-state index in [1.54, 1.807) is 11.3 Å². The van der Waals surface area contributed by atoms with E-state index in [0.29, 0.717) is 0 Å². The maximum absolute atomic E-state index is 6.23. The minimum Gasteiger partial charge on any atom is -0.457 e. The number of hydrogen-bond acceptors (Lipinski definition) is 4. The van der Waals surface area contributed by atoms with Gasteiger partial charge in [0, 0.05) is 31.1 Å². The first-order chi connectivity index (χ1) is 12.8. The van der Waals surface area contributed by atoms with Crippen LogP contribution in [0.5, 0.6) is 11.5 Å². The van der Waals surface area contributed by atoms with Crippen LogP contribution in [0.25, 0.3) is 0 Å². The normalized spacial score (nSPS) is 16.3. The number of ether oxygens (including phenoxy) is 1. The van der Waals surface area contributed by atoms with Gasteiger partial charge in [-0.25, -0.2) is 0 Å². The van der Waals surface area contributed by atoms with Crippen molar-refractivity contribution in [1.82, 2.24) is 10.2 Å². The molecule has 3 nitrogen and oxygen atoms in total. The van der Waals surface area contributed by atoms with Crippen molar-refractivity contribution < 1.29 is 4.74 Å². The van der Waals surface area contributed by atoms with Gasteiger partial charge in [0.25, 0.3) is 0 Å². The Morgan fingerprint density at radius 3 is 2.42 bits per heavy atom. The third-order valence-electron chi connectivity index (χ3n) is 4.53. The quantitative estimate of drug-likeness (QED) is 0.655. The molecule has 0 spiro atoms. The molecule has 0 saturated carbocycles. The molecule has 1 unspecified atom stereocenters. The van der Waals surface area contributed by atoms with Gasteiger partial charge in [0.1, 0.15) is 11.5 Å². The van der Waals surface area contributed by atoms with E-state index in [2.05, 4.69) is 34.5 Å². The van der Waals surface area contributed by atoms with Crippen LogP contribution in [-0.4, -0.2) is 31.1 Å². The monoisotopic (exact) mass is 384 g/mol. The minimum atomic E-state index is 0.203. The van der Waals surface area contributed by atoms with E-state index in [4.69, 9.17) is 16.3 Å². The molecular weight excluding hydrogens is 364 g/mol. The molecule has 3 aromatic rings. The van der Waals surface area contributed by atoms with Crippen LogP contribution in [0.15, 0.2) is 66.7 Å². The van der Waals surface area contributed by atoms with Crippen LogP contribution >= 0.6 is 22.9 Å². The average molecular weight is 385 g/mol. The standard InChI is InChI=1S/C21H21ClN2OS/c22-20-10-9-19(26-20)21(24-13-11-23-12-14-24)16-5-4-8-18(15-16)25-17-6-2-1-3-7-17/h1-10,15,21,23H,11-14H2. The van der Waals surface area contributed by atoms with Gasteiger partial charge < -0.3 is 10.1 Å².